The SMILES string of the molecule is C=C/C=C(CN1CCOCC1)\C(N)=C/C. The summed E-state index contributed by atoms with van der Waals surface area (Å²) in [4.78, 5) is 2.34. The zero-order valence-corrected chi connectivity index (χ0v) is 9.41. The molecule has 1 aliphatic heterocycles. The number of hydrogen-bond acceptors (Lipinski definition) is 3. The molecule has 0 aliphatic carbocycles. The predicted octanol–water partition coefficient (Wildman–Crippen LogP) is 1.29. The lowest BCUT2D eigenvalue weighted by atomic mass is 10.1. The van der Waals surface area contributed by atoms with Crippen LogP contribution in [0.15, 0.2) is 36.1 Å². The third-order valence-corrected chi connectivity index (χ3v) is 2.50. The predicted molar refractivity (Wildman–Crippen MR) is 63.5 cm³/mol. The van der Waals surface area contributed by atoms with E-state index < -0.39 is 0 Å². The Morgan fingerprint density at radius 2 is 2.13 bits per heavy atom. The van der Waals surface area contributed by atoms with E-state index in [9.17, 15) is 0 Å². The Morgan fingerprint density at radius 3 is 2.67 bits per heavy atom. The van der Waals surface area contributed by atoms with Gasteiger partial charge in [0.1, 0.15) is 0 Å². The summed E-state index contributed by atoms with van der Waals surface area (Å²) in [7, 11) is 0. The van der Waals surface area contributed by atoms with E-state index >= 15 is 0 Å². The van der Waals surface area contributed by atoms with E-state index in [2.05, 4.69) is 11.5 Å². The molecule has 2 N–H and O–H groups in total. The van der Waals surface area contributed by atoms with Gasteiger partial charge in [-0.25, -0.2) is 0 Å². The van der Waals surface area contributed by atoms with Crippen molar-refractivity contribution in [2.45, 2.75) is 6.92 Å². The van der Waals surface area contributed by atoms with Gasteiger partial charge in [-0.05, 0) is 12.5 Å². The van der Waals surface area contributed by atoms with Crippen LogP contribution in [0, 0.1) is 0 Å². The Hall–Kier alpha value is -1.06. The molecule has 0 saturated carbocycles. The molecule has 0 atom stereocenters. The lowest BCUT2D eigenvalue weighted by Gasteiger charge is -2.27. The van der Waals surface area contributed by atoms with E-state index in [1.807, 2.05) is 19.1 Å². The maximum Gasteiger partial charge on any atom is 0.0594 e. The van der Waals surface area contributed by atoms with Crippen molar-refractivity contribution in [2.75, 3.05) is 32.8 Å². The molecule has 1 saturated heterocycles. The molecular formula is C12H20N2O. The average molecular weight is 208 g/mol. The monoisotopic (exact) mass is 208 g/mol. The summed E-state index contributed by atoms with van der Waals surface area (Å²) in [5, 5.41) is 0. The summed E-state index contributed by atoms with van der Waals surface area (Å²) in [5.41, 5.74) is 7.88. The molecular weight excluding hydrogens is 188 g/mol. The number of nitrogens with two attached hydrogens (primary N) is 1. The van der Waals surface area contributed by atoms with E-state index in [1.165, 1.54) is 0 Å². The van der Waals surface area contributed by atoms with Crippen LogP contribution in [0.25, 0.3) is 0 Å². The van der Waals surface area contributed by atoms with Crippen molar-refractivity contribution in [2.24, 2.45) is 5.73 Å². The summed E-state index contributed by atoms with van der Waals surface area (Å²) in [6.07, 6.45) is 5.69. The quantitative estimate of drug-likeness (QED) is 0.708. The maximum atomic E-state index is 5.91. The third-order valence-electron chi connectivity index (χ3n) is 2.50. The smallest absolute Gasteiger partial charge is 0.0594 e. The standard InChI is InChI=1S/C12H20N2O/c1-3-5-11(12(13)4-2)10-14-6-8-15-9-7-14/h3-5H,1,6-10,13H2,2H3/b11-5-,12-4+. The van der Waals surface area contributed by atoms with Gasteiger partial charge in [-0.2, -0.15) is 0 Å². The molecule has 3 nitrogen and oxygen atoms in total. The molecule has 15 heavy (non-hydrogen) atoms. The number of hydrogen-bond donors (Lipinski definition) is 1. The first-order valence-electron chi connectivity index (χ1n) is 5.31. The van der Waals surface area contributed by atoms with Gasteiger partial charge in [0.05, 0.1) is 13.2 Å². The van der Waals surface area contributed by atoms with Crippen molar-refractivity contribution in [3.8, 4) is 0 Å². The average Bonchev–Trinajstić information content (AvgIpc) is 2.29. The summed E-state index contributed by atoms with van der Waals surface area (Å²) in [6.45, 7) is 10.1. The number of morpholine rings is 1. The highest BCUT2D eigenvalue weighted by Gasteiger charge is 2.12. The molecule has 1 aliphatic rings. The van der Waals surface area contributed by atoms with Gasteiger partial charge in [-0.3, -0.25) is 4.90 Å². The topological polar surface area (TPSA) is 38.5 Å². The zero-order valence-electron chi connectivity index (χ0n) is 9.41. The van der Waals surface area contributed by atoms with Crippen LogP contribution in [0.4, 0.5) is 0 Å². The Balaban J connectivity index is 2.57. The van der Waals surface area contributed by atoms with Gasteiger partial charge in [0.2, 0.25) is 0 Å². The molecule has 0 bridgehead atoms. The van der Waals surface area contributed by atoms with Gasteiger partial charge in [0.15, 0.2) is 0 Å². The second kappa shape index (κ2) is 6.43. The van der Waals surface area contributed by atoms with Crippen molar-refractivity contribution < 1.29 is 4.74 Å². The van der Waals surface area contributed by atoms with E-state index in [0.29, 0.717) is 0 Å². The van der Waals surface area contributed by atoms with Gasteiger partial charge in [-0.15, -0.1) is 0 Å². The number of ether oxygens (including phenoxy) is 1. The normalized spacial score (nSPS) is 20.3. The third kappa shape index (κ3) is 3.90. The van der Waals surface area contributed by atoms with Crippen LogP contribution in [-0.2, 0) is 4.74 Å². The van der Waals surface area contributed by atoms with Crippen molar-refractivity contribution in [3.63, 3.8) is 0 Å². The number of nitrogens with zero attached hydrogens (tertiary/aromatic N) is 1. The molecule has 84 valence electrons. The van der Waals surface area contributed by atoms with Crippen molar-refractivity contribution in [3.05, 3.63) is 36.1 Å². The molecule has 0 aromatic rings. The fourth-order valence-electron chi connectivity index (χ4n) is 1.57. The van der Waals surface area contributed by atoms with Crippen LogP contribution in [0.3, 0.4) is 0 Å². The fourth-order valence-corrected chi connectivity index (χ4v) is 1.57. The minimum atomic E-state index is 0.817. The lowest BCUT2D eigenvalue weighted by Crippen LogP contribution is -2.38. The molecule has 1 heterocycles. The molecule has 3 heteroatoms. The Labute approximate surface area is 91.9 Å². The van der Waals surface area contributed by atoms with Crippen molar-refractivity contribution >= 4 is 0 Å². The maximum absolute atomic E-state index is 5.91. The summed E-state index contributed by atoms with van der Waals surface area (Å²) < 4.78 is 5.30. The number of allylic oxidation sites excluding steroid dienone is 3. The minimum Gasteiger partial charge on any atom is -0.399 e. The van der Waals surface area contributed by atoms with Crippen molar-refractivity contribution in [1.29, 1.82) is 0 Å². The van der Waals surface area contributed by atoms with E-state index in [0.717, 1.165) is 44.1 Å². The molecule has 0 amide bonds. The lowest BCUT2D eigenvalue weighted by molar-refractivity contribution is 0.0425. The first-order chi connectivity index (χ1) is 7.27. The fraction of sp³-hybridized carbons (Fsp3) is 0.500. The molecule has 0 spiro atoms. The molecule has 1 rings (SSSR count). The number of rotatable bonds is 4. The van der Waals surface area contributed by atoms with E-state index in [1.54, 1.807) is 6.08 Å². The van der Waals surface area contributed by atoms with Crippen LogP contribution in [0.5, 0.6) is 0 Å². The second-order valence-electron chi connectivity index (χ2n) is 3.56. The van der Waals surface area contributed by atoms with Crippen LogP contribution in [-0.4, -0.2) is 37.7 Å². The van der Waals surface area contributed by atoms with Gasteiger partial charge in [0, 0.05) is 25.3 Å². The molecule has 0 unspecified atom stereocenters. The van der Waals surface area contributed by atoms with Crippen LogP contribution >= 0.6 is 0 Å². The highest BCUT2D eigenvalue weighted by atomic mass is 16.5. The molecule has 0 radical (unpaired) electrons. The van der Waals surface area contributed by atoms with E-state index in [-0.39, 0.29) is 0 Å². The van der Waals surface area contributed by atoms with Crippen molar-refractivity contribution in [1.82, 2.24) is 4.90 Å². The molecule has 0 aromatic heterocycles. The van der Waals surface area contributed by atoms with E-state index in [4.69, 9.17) is 10.5 Å². The minimum absolute atomic E-state index is 0.817. The van der Waals surface area contributed by atoms with Gasteiger partial charge in [-0.1, -0.05) is 24.8 Å². The zero-order chi connectivity index (χ0) is 11.1. The van der Waals surface area contributed by atoms with Gasteiger partial charge in [0.25, 0.3) is 0 Å². The van der Waals surface area contributed by atoms with Crippen LogP contribution in [0.2, 0.25) is 0 Å². The Morgan fingerprint density at radius 1 is 1.47 bits per heavy atom. The Kier molecular flexibility index (Phi) is 5.15. The Bertz CT molecular complexity index is 263. The highest BCUT2D eigenvalue weighted by molar-refractivity contribution is 5.31. The summed E-state index contributed by atoms with van der Waals surface area (Å²) >= 11 is 0. The largest absolute Gasteiger partial charge is 0.399 e. The second-order valence-corrected chi connectivity index (χ2v) is 3.56. The van der Waals surface area contributed by atoms with Gasteiger partial charge < -0.3 is 10.5 Å². The molecule has 0 aromatic carbocycles. The van der Waals surface area contributed by atoms with Crippen LogP contribution in [0.1, 0.15) is 6.92 Å². The first kappa shape index (κ1) is 12.0. The summed E-state index contributed by atoms with van der Waals surface area (Å²) in [6, 6.07) is 0. The first-order valence-corrected chi connectivity index (χ1v) is 5.31. The van der Waals surface area contributed by atoms with Gasteiger partial charge >= 0.3 is 0 Å². The molecule has 1 fully saturated rings. The summed E-state index contributed by atoms with van der Waals surface area (Å²) in [5.74, 6) is 0. The van der Waals surface area contributed by atoms with Crippen LogP contribution < -0.4 is 5.73 Å². The highest BCUT2D eigenvalue weighted by Crippen LogP contribution is 2.08.